The standard InChI is InChI=1S/C19H20ClN3O2/c20-17-8-4-3-6-15(17)11-21-19(25)22-12-18(24)23-10-9-14-5-1-2-7-16(14)13-23/h1-8H,9-13H2,(H2,21,22,25). The summed E-state index contributed by atoms with van der Waals surface area (Å²) in [5.41, 5.74) is 3.29. The molecule has 0 unspecified atom stereocenters. The number of nitrogens with one attached hydrogen (secondary N) is 2. The van der Waals surface area contributed by atoms with Crippen LogP contribution < -0.4 is 10.6 Å². The summed E-state index contributed by atoms with van der Waals surface area (Å²) in [6, 6.07) is 15.1. The fraction of sp³-hybridized carbons (Fsp3) is 0.263. The Kier molecular flexibility index (Phi) is 5.56. The number of carbonyl (C=O) groups excluding carboxylic acids is 2. The first-order valence-corrected chi connectivity index (χ1v) is 8.61. The van der Waals surface area contributed by atoms with Crippen molar-refractivity contribution < 1.29 is 9.59 Å². The van der Waals surface area contributed by atoms with E-state index in [1.54, 1.807) is 11.0 Å². The lowest BCUT2D eigenvalue weighted by Crippen LogP contribution is -2.45. The molecular formula is C19H20ClN3O2. The van der Waals surface area contributed by atoms with Gasteiger partial charge >= 0.3 is 6.03 Å². The summed E-state index contributed by atoms with van der Waals surface area (Å²) in [5, 5.41) is 5.92. The van der Waals surface area contributed by atoms with E-state index in [2.05, 4.69) is 16.7 Å². The van der Waals surface area contributed by atoms with Gasteiger partial charge in [0.1, 0.15) is 0 Å². The van der Waals surface area contributed by atoms with Gasteiger partial charge < -0.3 is 15.5 Å². The predicted octanol–water partition coefficient (Wildman–Crippen LogP) is 2.72. The third-order valence-electron chi connectivity index (χ3n) is 4.28. The molecule has 25 heavy (non-hydrogen) atoms. The minimum atomic E-state index is -0.384. The van der Waals surface area contributed by atoms with Crippen LogP contribution in [0.15, 0.2) is 48.5 Å². The number of halogens is 1. The van der Waals surface area contributed by atoms with Gasteiger partial charge in [-0.2, -0.15) is 0 Å². The Bertz CT molecular complexity index is 779. The summed E-state index contributed by atoms with van der Waals surface area (Å²) in [4.78, 5) is 26.0. The van der Waals surface area contributed by atoms with Crippen molar-refractivity contribution in [1.29, 1.82) is 0 Å². The van der Waals surface area contributed by atoms with Crippen molar-refractivity contribution in [1.82, 2.24) is 15.5 Å². The summed E-state index contributed by atoms with van der Waals surface area (Å²) in [6.07, 6.45) is 0.848. The SMILES string of the molecule is O=C(NCC(=O)N1CCc2ccccc2C1)NCc1ccccc1Cl. The fourth-order valence-corrected chi connectivity index (χ4v) is 3.06. The number of hydrogen-bond donors (Lipinski definition) is 2. The first-order chi connectivity index (χ1) is 12.1. The van der Waals surface area contributed by atoms with Crippen molar-refractivity contribution in [2.75, 3.05) is 13.1 Å². The Labute approximate surface area is 152 Å². The lowest BCUT2D eigenvalue weighted by molar-refractivity contribution is -0.130. The van der Waals surface area contributed by atoms with E-state index in [0.717, 1.165) is 12.0 Å². The molecule has 0 aliphatic carbocycles. The highest BCUT2D eigenvalue weighted by atomic mass is 35.5. The van der Waals surface area contributed by atoms with E-state index in [1.807, 2.05) is 36.4 Å². The second-order valence-electron chi connectivity index (χ2n) is 5.96. The quantitative estimate of drug-likeness (QED) is 0.883. The van der Waals surface area contributed by atoms with Gasteiger partial charge in [0, 0.05) is 24.7 Å². The molecule has 5 nitrogen and oxygen atoms in total. The summed E-state index contributed by atoms with van der Waals surface area (Å²) in [7, 11) is 0. The van der Waals surface area contributed by atoms with Crippen LogP contribution in [-0.4, -0.2) is 29.9 Å². The second-order valence-corrected chi connectivity index (χ2v) is 6.37. The number of amides is 3. The molecule has 0 spiro atoms. The lowest BCUT2D eigenvalue weighted by atomic mass is 10.00. The molecule has 0 radical (unpaired) electrons. The smallest absolute Gasteiger partial charge is 0.315 e. The van der Waals surface area contributed by atoms with Crippen LogP contribution in [0.3, 0.4) is 0 Å². The van der Waals surface area contributed by atoms with Crippen molar-refractivity contribution in [3.05, 3.63) is 70.2 Å². The number of nitrogens with zero attached hydrogens (tertiary/aromatic N) is 1. The molecule has 1 aliphatic rings. The van der Waals surface area contributed by atoms with Gasteiger partial charge in [-0.3, -0.25) is 4.79 Å². The second kappa shape index (κ2) is 8.03. The normalized spacial score (nSPS) is 13.1. The highest BCUT2D eigenvalue weighted by Crippen LogP contribution is 2.18. The van der Waals surface area contributed by atoms with E-state index in [-0.39, 0.29) is 18.5 Å². The first kappa shape index (κ1) is 17.3. The van der Waals surface area contributed by atoms with E-state index in [9.17, 15) is 9.59 Å². The number of benzene rings is 2. The molecule has 0 saturated heterocycles. The van der Waals surface area contributed by atoms with Crippen molar-refractivity contribution in [3.63, 3.8) is 0 Å². The summed E-state index contributed by atoms with van der Waals surface area (Å²) in [5.74, 6) is -0.0811. The van der Waals surface area contributed by atoms with Crippen LogP contribution >= 0.6 is 11.6 Å². The summed E-state index contributed by atoms with van der Waals surface area (Å²) < 4.78 is 0. The predicted molar refractivity (Wildman–Crippen MR) is 97.3 cm³/mol. The van der Waals surface area contributed by atoms with Crippen LogP contribution in [0.2, 0.25) is 5.02 Å². The number of urea groups is 1. The van der Waals surface area contributed by atoms with Crippen molar-refractivity contribution in [2.45, 2.75) is 19.5 Å². The third kappa shape index (κ3) is 4.51. The molecule has 3 rings (SSSR count). The number of hydrogen-bond acceptors (Lipinski definition) is 2. The molecule has 2 N–H and O–H groups in total. The summed E-state index contributed by atoms with van der Waals surface area (Å²) >= 11 is 6.05. The highest BCUT2D eigenvalue weighted by Gasteiger charge is 2.20. The molecule has 0 fully saturated rings. The van der Waals surface area contributed by atoms with Crippen molar-refractivity contribution >= 4 is 23.5 Å². The van der Waals surface area contributed by atoms with Crippen LogP contribution in [-0.2, 0) is 24.3 Å². The zero-order valence-corrected chi connectivity index (χ0v) is 14.6. The molecular weight excluding hydrogens is 338 g/mol. The molecule has 0 bridgehead atoms. The molecule has 0 atom stereocenters. The molecule has 0 aromatic heterocycles. The Hall–Kier alpha value is -2.53. The molecule has 0 saturated carbocycles. The Morgan fingerprint density at radius 3 is 2.52 bits per heavy atom. The monoisotopic (exact) mass is 357 g/mol. The largest absolute Gasteiger partial charge is 0.336 e. The number of rotatable bonds is 4. The van der Waals surface area contributed by atoms with Crippen LogP contribution in [0.4, 0.5) is 4.79 Å². The topological polar surface area (TPSA) is 61.4 Å². The molecule has 3 amide bonds. The Morgan fingerprint density at radius 2 is 1.72 bits per heavy atom. The maximum absolute atomic E-state index is 12.3. The number of carbonyl (C=O) groups is 2. The van der Waals surface area contributed by atoms with E-state index < -0.39 is 0 Å². The molecule has 2 aromatic rings. The van der Waals surface area contributed by atoms with Gasteiger partial charge in [-0.25, -0.2) is 4.79 Å². The zero-order chi connectivity index (χ0) is 17.6. The minimum Gasteiger partial charge on any atom is -0.336 e. The van der Waals surface area contributed by atoms with Gasteiger partial charge in [0.2, 0.25) is 5.91 Å². The van der Waals surface area contributed by atoms with E-state index in [0.29, 0.717) is 24.7 Å². The van der Waals surface area contributed by atoms with Crippen LogP contribution in [0.1, 0.15) is 16.7 Å². The highest BCUT2D eigenvalue weighted by molar-refractivity contribution is 6.31. The van der Waals surface area contributed by atoms with Crippen LogP contribution in [0, 0.1) is 0 Å². The molecule has 6 heteroatoms. The average molecular weight is 358 g/mol. The summed E-state index contributed by atoms with van der Waals surface area (Å²) in [6.45, 7) is 1.57. The maximum atomic E-state index is 12.3. The van der Waals surface area contributed by atoms with Crippen LogP contribution in [0.5, 0.6) is 0 Å². The lowest BCUT2D eigenvalue weighted by Gasteiger charge is -2.29. The van der Waals surface area contributed by atoms with Crippen LogP contribution in [0.25, 0.3) is 0 Å². The van der Waals surface area contributed by atoms with Gasteiger partial charge in [0.05, 0.1) is 6.54 Å². The van der Waals surface area contributed by atoms with Crippen molar-refractivity contribution in [3.8, 4) is 0 Å². The Morgan fingerprint density at radius 1 is 1.00 bits per heavy atom. The van der Waals surface area contributed by atoms with Gasteiger partial charge in [0.15, 0.2) is 0 Å². The van der Waals surface area contributed by atoms with Gasteiger partial charge in [-0.15, -0.1) is 0 Å². The first-order valence-electron chi connectivity index (χ1n) is 8.23. The van der Waals surface area contributed by atoms with E-state index in [1.165, 1.54) is 11.1 Å². The number of fused-ring (bicyclic) bond motifs is 1. The van der Waals surface area contributed by atoms with Gasteiger partial charge in [0.25, 0.3) is 0 Å². The molecule has 130 valence electrons. The fourth-order valence-electron chi connectivity index (χ4n) is 2.86. The van der Waals surface area contributed by atoms with E-state index >= 15 is 0 Å². The molecule has 1 heterocycles. The Balaban J connectivity index is 1.45. The maximum Gasteiger partial charge on any atom is 0.315 e. The molecule has 1 aliphatic heterocycles. The average Bonchev–Trinajstić information content (AvgIpc) is 2.65. The molecule has 2 aromatic carbocycles. The van der Waals surface area contributed by atoms with Gasteiger partial charge in [-0.05, 0) is 29.2 Å². The minimum absolute atomic E-state index is 0.0173. The third-order valence-corrected chi connectivity index (χ3v) is 4.65. The zero-order valence-electron chi connectivity index (χ0n) is 13.8. The van der Waals surface area contributed by atoms with E-state index in [4.69, 9.17) is 11.6 Å². The van der Waals surface area contributed by atoms with Gasteiger partial charge in [-0.1, -0.05) is 54.1 Å². The van der Waals surface area contributed by atoms with Crippen molar-refractivity contribution in [2.24, 2.45) is 0 Å².